The van der Waals surface area contributed by atoms with Crippen molar-refractivity contribution in [1.29, 1.82) is 0 Å². The summed E-state index contributed by atoms with van der Waals surface area (Å²) >= 11 is 0. The van der Waals surface area contributed by atoms with Gasteiger partial charge in [-0.2, -0.15) is 5.10 Å². The number of rotatable bonds is 10. The maximum Gasteiger partial charge on any atom is 0.359 e. The maximum atomic E-state index is 11.2. The van der Waals surface area contributed by atoms with E-state index in [-0.39, 0.29) is 17.7 Å². The molecule has 1 atom stereocenters. The number of carbonyl (C=O) groups is 1. The van der Waals surface area contributed by atoms with Gasteiger partial charge in [-0.05, 0) is 56.1 Å². The Morgan fingerprint density at radius 1 is 1.18 bits per heavy atom. The fraction of sp³-hybridized carbons (Fsp3) is 0.520. The highest BCUT2D eigenvalue weighted by atomic mass is 16.5. The van der Waals surface area contributed by atoms with Gasteiger partial charge in [0.15, 0.2) is 0 Å². The Balaban J connectivity index is 1.33. The molecule has 9 heteroatoms. The van der Waals surface area contributed by atoms with Gasteiger partial charge in [0.05, 0.1) is 17.8 Å². The van der Waals surface area contributed by atoms with Gasteiger partial charge in [0.2, 0.25) is 5.69 Å². The molecule has 3 aromatic rings. The quantitative estimate of drug-likeness (QED) is 0.403. The Hall–Kier alpha value is -3.20. The van der Waals surface area contributed by atoms with E-state index in [4.69, 9.17) is 9.84 Å². The topological polar surface area (TPSA) is 126 Å². The summed E-state index contributed by atoms with van der Waals surface area (Å²) in [6, 6.07) is 10.5. The highest BCUT2D eigenvalue weighted by molar-refractivity contribution is 5.87. The minimum atomic E-state index is -1.12. The Labute approximate surface area is 199 Å². The summed E-state index contributed by atoms with van der Waals surface area (Å²) in [5, 5.41) is 34.3. The van der Waals surface area contributed by atoms with Crippen LogP contribution in [0.1, 0.15) is 80.8 Å². The second kappa shape index (κ2) is 10.4. The van der Waals surface area contributed by atoms with Gasteiger partial charge in [-0.25, -0.2) is 9.89 Å². The SMILES string of the molecule is CCCC(O)(CC)Cn1ccc(-c2ccc([C@H]3CC[C@H](Oc4nn[nH]c4C(=O)O)CC3)cc2)n1. The van der Waals surface area contributed by atoms with Crippen LogP contribution in [0.4, 0.5) is 0 Å². The summed E-state index contributed by atoms with van der Waals surface area (Å²) in [6.07, 6.45) is 7.89. The molecule has 34 heavy (non-hydrogen) atoms. The standard InChI is InChI=1S/C25H33N5O4/c1-3-14-25(33,4-2)16-30-15-13-21(28-30)19-7-5-17(6-8-19)18-9-11-20(12-10-18)34-23-22(24(31)32)26-29-27-23/h5-8,13,15,18,20,33H,3-4,9-12,14,16H2,1-2H3,(H,31,32)(H,26,27,29)/t18-,20-,25?. The second-order valence-electron chi connectivity index (χ2n) is 9.24. The van der Waals surface area contributed by atoms with Crippen LogP contribution in [0, 0.1) is 0 Å². The fourth-order valence-corrected chi connectivity index (χ4v) is 4.78. The lowest BCUT2D eigenvalue weighted by atomic mass is 9.82. The molecule has 0 saturated heterocycles. The lowest BCUT2D eigenvalue weighted by molar-refractivity contribution is 0.00674. The summed E-state index contributed by atoms with van der Waals surface area (Å²) in [6.45, 7) is 4.60. The van der Waals surface area contributed by atoms with Crippen LogP contribution >= 0.6 is 0 Å². The molecule has 0 amide bonds. The Kier molecular flexibility index (Phi) is 7.31. The number of aromatic carboxylic acids is 1. The number of H-pyrrole nitrogens is 1. The molecule has 0 bridgehead atoms. The zero-order valence-corrected chi connectivity index (χ0v) is 19.8. The van der Waals surface area contributed by atoms with E-state index in [1.807, 2.05) is 23.9 Å². The summed E-state index contributed by atoms with van der Waals surface area (Å²) in [7, 11) is 0. The lowest BCUT2D eigenvalue weighted by Gasteiger charge is -2.28. The van der Waals surface area contributed by atoms with Crippen LogP contribution in [0.5, 0.6) is 5.88 Å². The molecule has 2 aromatic heterocycles. The number of benzene rings is 1. The molecule has 1 saturated carbocycles. The normalized spacial score (nSPS) is 20.1. The predicted molar refractivity (Wildman–Crippen MR) is 127 cm³/mol. The highest BCUT2D eigenvalue weighted by Gasteiger charge is 2.27. The Morgan fingerprint density at radius 2 is 1.91 bits per heavy atom. The summed E-state index contributed by atoms with van der Waals surface area (Å²) < 4.78 is 7.64. The molecule has 1 aliphatic rings. The molecule has 1 unspecified atom stereocenters. The first-order valence-corrected chi connectivity index (χ1v) is 12.1. The number of carboxylic acids is 1. The number of aliphatic hydroxyl groups is 1. The van der Waals surface area contributed by atoms with E-state index >= 15 is 0 Å². The molecule has 4 rings (SSSR count). The molecule has 9 nitrogen and oxygen atoms in total. The number of ether oxygens (including phenoxy) is 1. The number of carboxylic acid groups (broad SMARTS) is 1. The summed E-state index contributed by atoms with van der Waals surface area (Å²) in [5.74, 6) is -0.622. The fourth-order valence-electron chi connectivity index (χ4n) is 4.78. The van der Waals surface area contributed by atoms with E-state index in [0.29, 0.717) is 18.9 Å². The van der Waals surface area contributed by atoms with Crippen molar-refractivity contribution in [2.75, 3.05) is 0 Å². The van der Waals surface area contributed by atoms with Crippen molar-refractivity contribution in [1.82, 2.24) is 25.2 Å². The summed E-state index contributed by atoms with van der Waals surface area (Å²) in [5.41, 5.74) is 2.43. The van der Waals surface area contributed by atoms with Crippen LogP contribution in [0.2, 0.25) is 0 Å². The molecule has 1 aromatic carbocycles. The van der Waals surface area contributed by atoms with Crippen LogP contribution < -0.4 is 4.74 Å². The third kappa shape index (κ3) is 5.47. The molecule has 3 N–H and O–H groups in total. The number of nitrogens with one attached hydrogen (secondary N) is 1. The van der Waals surface area contributed by atoms with Crippen molar-refractivity contribution in [2.45, 2.75) is 83.0 Å². The van der Waals surface area contributed by atoms with E-state index in [9.17, 15) is 9.90 Å². The molecule has 0 radical (unpaired) electrons. The van der Waals surface area contributed by atoms with E-state index in [0.717, 1.165) is 49.8 Å². The monoisotopic (exact) mass is 467 g/mol. The molecule has 0 spiro atoms. The van der Waals surface area contributed by atoms with E-state index < -0.39 is 11.6 Å². The highest BCUT2D eigenvalue weighted by Crippen LogP contribution is 2.35. The van der Waals surface area contributed by atoms with Gasteiger partial charge in [0.1, 0.15) is 6.10 Å². The zero-order valence-electron chi connectivity index (χ0n) is 19.8. The molecular weight excluding hydrogens is 434 g/mol. The van der Waals surface area contributed by atoms with Gasteiger partial charge < -0.3 is 14.9 Å². The minimum absolute atomic E-state index is 0.0582. The van der Waals surface area contributed by atoms with Gasteiger partial charge in [-0.1, -0.05) is 54.8 Å². The second-order valence-corrected chi connectivity index (χ2v) is 9.24. The van der Waals surface area contributed by atoms with Crippen molar-refractivity contribution in [2.24, 2.45) is 0 Å². The first-order chi connectivity index (χ1) is 16.4. The maximum absolute atomic E-state index is 11.2. The first kappa shape index (κ1) is 23.9. The smallest absolute Gasteiger partial charge is 0.359 e. The van der Waals surface area contributed by atoms with Crippen LogP contribution in [0.25, 0.3) is 11.3 Å². The molecular formula is C25H33N5O4. The molecule has 182 valence electrons. The third-order valence-electron chi connectivity index (χ3n) is 6.83. The minimum Gasteiger partial charge on any atom is -0.476 e. The average Bonchev–Trinajstić information content (AvgIpc) is 3.50. The third-order valence-corrected chi connectivity index (χ3v) is 6.83. The van der Waals surface area contributed by atoms with Gasteiger partial charge in [-0.15, -0.1) is 0 Å². The van der Waals surface area contributed by atoms with E-state index in [1.165, 1.54) is 5.56 Å². The number of hydrogen-bond acceptors (Lipinski definition) is 6. The summed E-state index contributed by atoms with van der Waals surface area (Å²) in [4.78, 5) is 11.2. The molecule has 0 aliphatic heterocycles. The van der Waals surface area contributed by atoms with E-state index in [1.54, 1.807) is 0 Å². The largest absolute Gasteiger partial charge is 0.476 e. The van der Waals surface area contributed by atoms with Crippen LogP contribution in [0.3, 0.4) is 0 Å². The van der Waals surface area contributed by atoms with Crippen molar-refractivity contribution in [3.63, 3.8) is 0 Å². The van der Waals surface area contributed by atoms with Gasteiger partial charge in [-0.3, -0.25) is 4.68 Å². The van der Waals surface area contributed by atoms with Crippen LogP contribution in [0.15, 0.2) is 36.5 Å². The first-order valence-electron chi connectivity index (χ1n) is 12.1. The van der Waals surface area contributed by atoms with Crippen molar-refractivity contribution >= 4 is 5.97 Å². The number of aromatic nitrogens is 5. The molecule has 1 aliphatic carbocycles. The van der Waals surface area contributed by atoms with Gasteiger partial charge in [0, 0.05) is 11.8 Å². The van der Waals surface area contributed by atoms with E-state index in [2.05, 4.69) is 51.7 Å². The van der Waals surface area contributed by atoms with Gasteiger partial charge in [0.25, 0.3) is 5.88 Å². The number of hydrogen-bond donors (Lipinski definition) is 3. The lowest BCUT2D eigenvalue weighted by Crippen LogP contribution is -2.33. The average molecular weight is 468 g/mol. The van der Waals surface area contributed by atoms with Crippen LogP contribution in [-0.4, -0.2) is 53.1 Å². The number of aromatic amines is 1. The Morgan fingerprint density at radius 3 is 2.56 bits per heavy atom. The molecule has 1 fully saturated rings. The van der Waals surface area contributed by atoms with Crippen molar-refractivity contribution in [3.8, 4) is 17.1 Å². The number of nitrogens with zero attached hydrogens (tertiary/aromatic N) is 4. The van der Waals surface area contributed by atoms with Crippen molar-refractivity contribution in [3.05, 3.63) is 47.8 Å². The van der Waals surface area contributed by atoms with Crippen LogP contribution in [-0.2, 0) is 6.54 Å². The van der Waals surface area contributed by atoms with Crippen molar-refractivity contribution < 1.29 is 19.7 Å². The molecule has 2 heterocycles. The zero-order chi connectivity index (χ0) is 24.1. The Bertz CT molecular complexity index is 1080. The van der Waals surface area contributed by atoms with Gasteiger partial charge >= 0.3 is 5.97 Å². The predicted octanol–water partition coefficient (Wildman–Crippen LogP) is 4.41.